The smallest absolute Gasteiger partial charge is 0.277 e. The lowest BCUT2D eigenvalue weighted by Crippen LogP contribution is -2.30. The molecular formula is C19H13ClN4O3S2. The normalized spacial score (nSPS) is 11.0. The van der Waals surface area contributed by atoms with E-state index in [1.165, 1.54) is 28.4 Å². The van der Waals surface area contributed by atoms with Crippen LogP contribution in [0.15, 0.2) is 48.7 Å². The van der Waals surface area contributed by atoms with Gasteiger partial charge in [0.1, 0.15) is 0 Å². The Hall–Kier alpha value is -2.88. The first kappa shape index (κ1) is 19.4. The molecule has 3 heterocycles. The predicted octanol–water partition coefficient (Wildman–Crippen LogP) is 5.47. The van der Waals surface area contributed by atoms with Crippen LogP contribution in [0.1, 0.15) is 20.9 Å². The largest absolute Gasteiger partial charge is 0.324 e. The van der Waals surface area contributed by atoms with Crippen molar-refractivity contribution >= 4 is 60.5 Å². The average molecular weight is 445 g/mol. The molecule has 1 aromatic carbocycles. The van der Waals surface area contributed by atoms with Crippen molar-refractivity contribution in [2.75, 3.05) is 4.90 Å². The maximum atomic E-state index is 13.3. The van der Waals surface area contributed by atoms with E-state index in [1.807, 2.05) is 25.1 Å². The molecule has 3 aromatic heterocycles. The molecule has 0 radical (unpaired) electrons. The number of hydrogen-bond donors (Lipinski definition) is 0. The summed E-state index contributed by atoms with van der Waals surface area (Å²) in [6.45, 7) is 2.11. The fraction of sp³-hybridized carbons (Fsp3) is 0.105. The fourth-order valence-corrected chi connectivity index (χ4v) is 4.84. The number of aromatic nitrogens is 2. The van der Waals surface area contributed by atoms with Crippen molar-refractivity contribution in [3.8, 4) is 0 Å². The molecule has 0 aliphatic heterocycles. The van der Waals surface area contributed by atoms with E-state index in [9.17, 15) is 14.9 Å². The van der Waals surface area contributed by atoms with Crippen molar-refractivity contribution in [3.63, 3.8) is 0 Å². The van der Waals surface area contributed by atoms with Crippen LogP contribution in [0.5, 0.6) is 0 Å². The van der Waals surface area contributed by atoms with Gasteiger partial charge in [0.15, 0.2) is 5.13 Å². The second-order valence-electron chi connectivity index (χ2n) is 6.15. The van der Waals surface area contributed by atoms with Crippen LogP contribution < -0.4 is 4.90 Å². The third-order valence-electron chi connectivity index (χ3n) is 4.19. The first-order valence-corrected chi connectivity index (χ1v) is 10.5. The number of rotatable bonds is 5. The van der Waals surface area contributed by atoms with Gasteiger partial charge in [-0.25, -0.2) is 4.98 Å². The highest BCUT2D eigenvalue weighted by molar-refractivity contribution is 7.23. The fourth-order valence-electron chi connectivity index (χ4n) is 2.76. The molecule has 0 atom stereocenters. The van der Waals surface area contributed by atoms with E-state index in [4.69, 9.17) is 11.6 Å². The number of nitro groups is 1. The summed E-state index contributed by atoms with van der Waals surface area (Å²) >= 11 is 8.47. The van der Waals surface area contributed by atoms with Gasteiger partial charge >= 0.3 is 5.00 Å². The summed E-state index contributed by atoms with van der Waals surface area (Å²) in [6, 6.07) is 11.9. The number of pyridine rings is 1. The first-order chi connectivity index (χ1) is 13.9. The second-order valence-corrected chi connectivity index (χ2v) is 8.59. The molecule has 0 bridgehead atoms. The maximum absolute atomic E-state index is 13.3. The van der Waals surface area contributed by atoms with E-state index in [0.29, 0.717) is 15.8 Å². The minimum Gasteiger partial charge on any atom is -0.277 e. The molecule has 10 heteroatoms. The van der Waals surface area contributed by atoms with Gasteiger partial charge in [-0.2, -0.15) is 0 Å². The van der Waals surface area contributed by atoms with Crippen LogP contribution in [0.3, 0.4) is 0 Å². The summed E-state index contributed by atoms with van der Waals surface area (Å²) in [5.74, 6) is -0.374. The Kier molecular flexibility index (Phi) is 5.27. The number of hydrogen-bond acceptors (Lipinski definition) is 7. The summed E-state index contributed by atoms with van der Waals surface area (Å²) in [5.41, 5.74) is 2.35. The lowest BCUT2D eigenvalue weighted by molar-refractivity contribution is -0.380. The molecule has 146 valence electrons. The van der Waals surface area contributed by atoms with Crippen LogP contribution >= 0.6 is 34.3 Å². The summed E-state index contributed by atoms with van der Waals surface area (Å²) in [5, 5.41) is 12.0. The number of anilines is 1. The van der Waals surface area contributed by atoms with Crippen molar-refractivity contribution in [3.05, 3.63) is 79.9 Å². The number of halogens is 1. The van der Waals surface area contributed by atoms with Gasteiger partial charge in [-0.1, -0.05) is 46.4 Å². The Morgan fingerprint density at radius 1 is 1.21 bits per heavy atom. The molecule has 0 saturated heterocycles. The second kappa shape index (κ2) is 7.86. The minimum absolute atomic E-state index is 0.0886. The molecule has 0 N–H and O–H groups in total. The maximum Gasteiger partial charge on any atom is 0.324 e. The summed E-state index contributed by atoms with van der Waals surface area (Å²) in [7, 11) is 0. The Morgan fingerprint density at radius 3 is 2.69 bits per heavy atom. The summed E-state index contributed by atoms with van der Waals surface area (Å²) in [4.78, 5) is 34.4. The highest BCUT2D eigenvalue weighted by Crippen LogP contribution is 2.37. The van der Waals surface area contributed by atoms with Crippen LogP contribution in [0.25, 0.3) is 10.2 Å². The number of fused-ring (bicyclic) bond motifs is 1. The molecule has 7 nitrogen and oxygen atoms in total. The van der Waals surface area contributed by atoms with E-state index >= 15 is 0 Å². The van der Waals surface area contributed by atoms with Gasteiger partial charge in [0.2, 0.25) is 0 Å². The van der Waals surface area contributed by atoms with Gasteiger partial charge in [-0.05, 0) is 36.8 Å². The average Bonchev–Trinajstić information content (AvgIpc) is 3.37. The quantitative estimate of drug-likeness (QED) is 0.300. The zero-order valence-corrected chi connectivity index (χ0v) is 17.4. The van der Waals surface area contributed by atoms with Crippen molar-refractivity contribution < 1.29 is 9.72 Å². The number of nitrogens with zero attached hydrogens (tertiary/aromatic N) is 4. The number of carbonyl (C=O) groups excluding carboxylic acids is 1. The van der Waals surface area contributed by atoms with Crippen LogP contribution in [0, 0.1) is 17.0 Å². The molecular weight excluding hydrogens is 432 g/mol. The molecule has 0 aliphatic rings. The lowest BCUT2D eigenvalue weighted by atomic mass is 10.2. The van der Waals surface area contributed by atoms with E-state index < -0.39 is 4.92 Å². The predicted molar refractivity (Wildman–Crippen MR) is 115 cm³/mol. The van der Waals surface area contributed by atoms with E-state index in [2.05, 4.69) is 9.97 Å². The van der Waals surface area contributed by atoms with Crippen LogP contribution in [0.2, 0.25) is 5.02 Å². The standard InChI is InChI=1S/C19H13ClN4O3S2/c1-11-5-6-13(20)17-16(11)22-19(29-17)23(10-12-4-2-3-9-21-12)18(25)14-7-8-15(28-14)24(26)27/h2-9H,10H2,1H3. The summed E-state index contributed by atoms with van der Waals surface area (Å²) in [6.07, 6.45) is 1.65. The topological polar surface area (TPSA) is 89.2 Å². The highest BCUT2D eigenvalue weighted by Gasteiger charge is 2.26. The molecule has 29 heavy (non-hydrogen) atoms. The molecule has 0 saturated carbocycles. The Bertz CT molecular complexity index is 1180. The van der Waals surface area contributed by atoms with Gasteiger partial charge in [0.25, 0.3) is 5.91 Å². The van der Waals surface area contributed by atoms with E-state index in [0.717, 1.165) is 27.1 Å². The number of carbonyl (C=O) groups is 1. The Balaban J connectivity index is 1.79. The number of thiophene rings is 1. The van der Waals surface area contributed by atoms with Crippen molar-refractivity contribution in [1.29, 1.82) is 0 Å². The van der Waals surface area contributed by atoms with Gasteiger partial charge in [-0.15, -0.1) is 0 Å². The van der Waals surface area contributed by atoms with Crippen LogP contribution in [-0.4, -0.2) is 20.8 Å². The monoisotopic (exact) mass is 444 g/mol. The number of amides is 1. The molecule has 1 amide bonds. The van der Waals surface area contributed by atoms with Crippen molar-refractivity contribution in [1.82, 2.24) is 9.97 Å². The van der Waals surface area contributed by atoms with Gasteiger partial charge in [0.05, 0.1) is 37.3 Å². The number of thiazole rings is 1. The van der Waals surface area contributed by atoms with E-state index in [1.54, 1.807) is 18.3 Å². The SMILES string of the molecule is Cc1ccc(Cl)c2sc(N(Cc3ccccn3)C(=O)c3ccc([N+](=O)[O-])s3)nc12. The van der Waals surface area contributed by atoms with Crippen LogP contribution in [0.4, 0.5) is 10.1 Å². The van der Waals surface area contributed by atoms with Gasteiger partial charge in [0, 0.05) is 12.3 Å². The van der Waals surface area contributed by atoms with Gasteiger partial charge < -0.3 is 0 Å². The third-order valence-corrected chi connectivity index (χ3v) is 6.75. The Morgan fingerprint density at radius 2 is 2.03 bits per heavy atom. The van der Waals surface area contributed by atoms with Gasteiger partial charge in [-0.3, -0.25) is 24.8 Å². The lowest BCUT2D eigenvalue weighted by Gasteiger charge is -2.18. The van der Waals surface area contributed by atoms with E-state index in [-0.39, 0.29) is 22.3 Å². The molecule has 0 unspecified atom stereocenters. The molecule has 4 rings (SSSR count). The number of aryl methyl sites for hydroxylation is 1. The first-order valence-electron chi connectivity index (χ1n) is 8.45. The number of benzene rings is 1. The minimum atomic E-state index is -0.509. The zero-order valence-electron chi connectivity index (χ0n) is 15.0. The van der Waals surface area contributed by atoms with Crippen molar-refractivity contribution in [2.45, 2.75) is 13.5 Å². The third kappa shape index (κ3) is 3.84. The molecule has 0 fully saturated rings. The molecule has 0 aliphatic carbocycles. The summed E-state index contributed by atoms with van der Waals surface area (Å²) < 4.78 is 0.789. The van der Waals surface area contributed by atoms with Crippen molar-refractivity contribution in [2.24, 2.45) is 0 Å². The molecule has 4 aromatic rings. The zero-order chi connectivity index (χ0) is 20.5. The molecule has 0 spiro atoms. The highest BCUT2D eigenvalue weighted by atomic mass is 35.5. The van der Waals surface area contributed by atoms with Crippen LogP contribution in [-0.2, 0) is 6.54 Å². The Labute approximate surface area is 178 Å².